The molecule has 156 valence electrons. The van der Waals surface area contributed by atoms with E-state index in [2.05, 4.69) is 18.9 Å². The molecule has 2 aliphatic rings. The second-order valence-corrected chi connectivity index (χ2v) is 8.69. The molecule has 0 bridgehead atoms. The molecule has 2 fully saturated rings. The van der Waals surface area contributed by atoms with Gasteiger partial charge in [0.15, 0.2) is 0 Å². The van der Waals surface area contributed by atoms with Crippen LogP contribution in [-0.2, 0) is 27.3 Å². The molecule has 3 heterocycles. The SMILES string of the molecule is Cc1nn(CC(C)C)c(C)c1CC(=O)N1CCC([C@@H]2OCCC2C(=O)O)CC1. The Kier molecular flexibility index (Phi) is 6.43. The van der Waals surface area contributed by atoms with E-state index < -0.39 is 11.9 Å². The number of carbonyl (C=O) groups is 2. The Morgan fingerprint density at radius 3 is 2.50 bits per heavy atom. The molecule has 2 atom stereocenters. The summed E-state index contributed by atoms with van der Waals surface area (Å²) in [7, 11) is 0. The monoisotopic (exact) mass is 391 g/mol. The number of aliphatic carboxylic acids is 1. The van der Waals surface area contributed by atoms with Gasteiger partial charge in [-0.15, -0.1) is 0 Å². The number of hydrogen-bond acceptors (Lipinski definition) is 4. The Hall–Kier alpha value is -1.89. The first-order valence-electron chi connectivity index (χ1n) is 10.4. The number of carbonyl (C=O) groups excluding carboxylic acids is 1. The van der Waals surface area contributed by atoms with E-state index in [-0.39, 0.29) is 17.9 Å². The number of nitrogens with zero attached hydrogens (tertiary/aromatic N) is 3. The van der Waals surface area contributed by atoms with Crippen molar-refractivity contribution >= 4 is 11.9 Å². The minimum Gasteiger partial charge on any atom is -0.481 e. The van der Waals surface area contributed by atoms with Crippen molar-refractivity contribution in [3.63, 3.8) is 0 Å². The highest BCUT2D eigenvalue weighted by Gasteiger charge is 2.40. The van der Waals surface area contributed by atoms with Gasteiger partial charge in [-0.05, 0) is 44.9 Å². The average molecular weight is 392 g/mol. The van der Waals surface area contributed by atoms with Crippen LogP contribution in [0.1, 0.15) is 50.1 Å². The van der Waals surface area contributed by atoms with Crippen molar-refractivity contribution in [3.05, 3.63) is 17.0 Å². The van der Waals surface area contributed by atoms with E-state index in [1.54, 1.807) is 0 Å². The van der Waals surface area contributed by atoms with Gasteiger partial charge in [0, 0.05) is 37.5 Å². The fraction of sp³-hybridized carbons (Fsp3) is 0.762. The lowest BCUT2D eigenvalue weighted by atomic mass is 9.84. The lowest BCUT2D eigenvalue weighted by Crippen LogP contribution is -2.43. The molecule has 0 spiro atoms. The predicted molar refractivity (Wildman–Crippen MR) is 105 cm³/mol. The first-order chi connectivity index (χ1) is 13.3. The van der Waals surface area contributed by atoms with Crippen LogP contribution in [0.15, 0.2) is 0 Å². The lowest BCUT2D eigenvalue weighted by Gasteiger charge is -2.35. The summed E-state index contributed by atoms with van der Waals surface area (Å²) in [5, 5.41) is 14.0. The summed E-state index contributed by atoms with van der Waals surface area (Å²) in [6.07, 6.45) is 2.40. The minimum absolute atomic E-state index is 0.135. The van der Waals surface area contributed by atoms with Gasteiger partial charge in [-0.3, -0.25) is 14.3 Å². The Balaban J connectivity index is 1.57. The fourth-order valence-corrected chi connectivity index (χ4v) is 4.59. The van der Waals surface area contributed by atoms with Crippen LogP contribution in [0, 0.1) is 31.6 Å². The highest BCUT2D eigenvalue weighted by Crippen LogP contribution is 2.33. The maximum atomic E-state index is 12.9. The molecular weight excluding hydrogens is 358 g/mol. The van der Waals surface area contributed by atoms with Gasteiger partial charge in [-0.2, -0.15) is 5.10 Å². The molecule has 3 rings (SSSR count). The van der Waals surface area contributed by atoms with Gasteiger partial charge in [-0.25, -0.2) is 0 Å². The molecule has 2 aliphatic heterocycles. The zero-order chi connectivity index (χ0) is 20.4. The molecule has 7 heteroatoms. The summed E-state index contributed by atoms with van der Waals surface area (Å²) in [5.74, 6) is -0.288. The maximum absolute atomic E-state index is 12.9. The topological polar surface area (TPSA) is 84.7 Å². The minimum atomic E-state index is -0.759. The van der Waals surface area contributed by atoms with Crippen LogP contribution in [-0.4, -0.2) is 57.5 Å². The third-order valence-corrected chi connectivity index (χ3v) is 6.21. The van der Waals surface area contributed by atoms with Gasteiger partial charge in [0.1, 0.15) is 0 Å². The summed E-state index contributed by atoms with van der Waals surface area (Å²) < 4.78 is 7.74. The zero-order valence-corrected chi connectivity index (χ0v) is 17.5. The Morgan fingerprint density at radius 2 is 1.89 bits per heavy atom. The van der Waals surface area contributed by atoms with Crippen molar-refractivity contribution in [2.75, 3.05) is 19.7 Å². The molecule has 1 unspecified atom stereocenters. The van der Waals surface area contributed by atoms with E-state index in [1.165, 1.54) is 0 Å². The van der Waals surface area contributed by atoms with Crippen molar-refractivity contribution in [3.8, 4) is 0 Å². The van der Waals surface area contributed by atoms with Crippen LogP contribution >= 0.6 is 0 Å². The smallest absolute Gasteiger partial charge is 0.309 e. The second kappa shape index (κ2) is 8.64. The standard InChI is InChI=1S/C21H33N3O4/c1-13(2)12-24-15(4)18(14(3)22-24)11-19(25)23-8-5-16(6-9-23)20-17(21(26)27)7-10-28-20/h13,16-17,20H,5-12H2,1-4H3,(H,26,27)/t17?,20-/m0/s1. The third-order valence-electron chi connectivity index (χ3n) is 6.21. The van der Waals surface area contributed by atoms with E-state index in [0.717, 1.165) is 36.3 Å². The fourth-order valence-electron chi connectivity index (χ4n) is 4.59. The van der Waals surface area contributed by atoms with Gasteiger partial charge >= 0.3 is 5.97 Å². The molecule has 28 heavy (non-hydrogen) atoms. The van der Waals surface area contributed by atoms with Crippen LogP contribution in [0.3, 0.4) is 0 Å². The first kappa shape index (κ1) is 20.8. The Morgan fingerprint density at radius 1 is 1.21 bits per heavy atom. The summed E-state index contributed by atoms with van der Waals surface area (Å²) in [5.41, 5.74) is 3.06. The summed E-state index contributed by atoms with van der Waals surface area (Å²) >= 11 is 0. The van der Waals surface area contributed by atoms with Crippen molar-refractivity contribution < 1.29 is 19.4 Å². The number of carboxylic acids is 1. The first-order valence-corrected chi connectivity index (χ1v) is 10.4. The number of aromatic nitrogens is 2. The van der Waals surface area contributed by atoms with Gasteiger partial charge < -0.3 is 14.7 Å². The summed E-state index contributed by atoms with van der Waals surface area (Å²) in [6, 6.07) is 0. The number of carboxylic acid groups (broad SMARTS) is 1. The number of piperidine rings is 1. The molecule has 1 N–H and O–H groups in total. The van der Waals surface area contributed by atoms with Crippen LogP contribution in [0.2, 0.25) is 0 Å². The van der Waals surface area contributed by atoms with Gasteiger partial charge in [-0.1, -0.05) is 13.8 Å². The van der Waals surface area contributed by atoms with Crippen LogP contribution in [0.4, 0.5) is 0 Å². The summed E-state index contributed by atoms with van der Waals surface area (Å²) in [4.78, 5) is 26.2. The van der Waals surface area contributed by atoms with Crippen LogP contribution in [0.25, 0.3) is 0 Å². The number of rotatable bonds is 6. The molecule has 0 radical (unpaired) electrons. The molecular formula is C21H33N3O4. The van der Waals surface area contributed by atoms with Crippen molar-refractivity contribution in [1.29, 1.82) is 0 Å². The molecule has 0 saturated carbocycles. The average Bonchev–Trinajstić information content (AvgIpc) is 3.23. The van der Waals surface area contributed by atoms with E-state index >= 15 is 0 Å². The van der Waals surface area contributed by atoms with Gasteiger partial charge in [0.2, 0.25) is 5.91 Å². The van der Waals surface area contributed by atoms with E-state index in [4.69, 9.17) is 4.74 Å². The third kappa shape index (κ3) is 4.40. The van der Waals surface area contributed by atoms with E-state index in [0.29, 0.717) is 38.5 Å². The highest BCUT2D eigenvalue weighted by atomic mass is 16.5. The van der Waals surface area contributed by atoms with Crippen LogP contribution in [0.5, 0.6) is 0 Å². The Bertz CT molecular complexity index is 719. The van der Waals surface area contributed by atoms with Crippen molar-refractivity contribution in [2.45, 2.75) is 66.0 Å². The van der Waals surface area contributed by atoms with Crippen molar-refractivity contribution in [1.82, 2.24) is 14.7 Å². The molecule has 0 aromatic carbocycles. The summed E-state index contributed by atoms with van der Waals surface area (Å²) in [6.45, 7) is 11.1. The zero-order valence-electron chi connectivity index (χ0n) is 17.5. The number of amides is 1. The maximum Gasteiger partial charge on any atom is 0.309 e. The highest BCUT2D eigenvalue weighted by molar-refractivity contribution is 5.79. The molecule has 1 amide bonds. The van der Waals surface area contributed by atoms with Gasteiger partial charge in [0.25, 0.3) is 0 Å². The molecule has 7 nitrogen and oxygen atoms in total. The normalized spacial score (nSPS) is 23.5. The van der Waals surface area contributed by atoms with Crippen molar-refractivity contribution in [2.24, 2.45) is 17.8 Å². The number of likely N-dealkylation sites (tertiary alicyclic amines) is 1. The number of aryl methyl sites for hydroxylation is 1. The molecule has 1 aromatic heterocycles. The second-order valence-electron chi connectivity index (χ2n) is 8.69. The molecule has 2 saturated heterocycles. The molecule has 1 aromatic rings. The van der Waals surface area contributed by atoms with E-state index in [1.807, 2.05) is 23.4 Å². The van der Waals surface area contributed by atoms with Gasteiger partial charge in [0.05, 0.1) is 24.1 Å². The van der Waals surface area contributed by atoms with E-state index in [9.17, 15) is 14.7 Å². The van der Waals surface area contributed by atoms with Crippen LogP contribution < -0.4 is 0 Å². The number of ether oxygens (including phenoxy) is 1. The Labute approximate surface area is 167 Å². The molecule has 0 aliphatic carbocycles. The predicted octanol–water partition coefficient (Wildman–Crippen LogP) is 2.43. The quantitative estimate of drug-likeness (QED) is 0.805. The lowest BCUT2D eigenvalue weighted by molar-refractivity contribution is -0.145. The largest absolute Gasteiger partial charge is 0.481 e. The number of hydrogen-bond donors (Lipinski definition) is 1.